The van der Waals surface area contributed by atoms with Gasteiger partial charge in [-0.1, -0.05) is 39.0 Å². The van der Waals surface area contributed by atoms with E-state index in [1.807, 2.05) is 32.0 Å². The molecule has 0 fully saturated rings. The lowest BCUT2D eigenvalue weighted by Gasteiger charge is -2.31. The van der Waals surface area contributed by atoms with Crippen LogP contribution in [0, 0.1) is 0 Å². The van der Waals surface area contributed by atoms with Gasteiger partial charge in [-0.15, -0.1) is 0 Å². The highest BCUT2D eigenvalue weighted by atomic mass is 32.2. The monoisotopic (exact) mass is 269 g/mol. The van der Waals surface area contributed by atoms with Gasteiger partial charge < -0.3 is 0 Å². The molecule has 2 rings (SSSR count). The van der Waals surface area contributed by atoms with Crippen LogP contribution in [0.15, 0.2) is 18.2 Å². The molecule has 0 atom stereocenters. The summed E-state index contributed by atoms with van der Waals surface area (Å²) in [6.07, 6.45) is 4.05. The van der Waals surface area contributed by atoms with E-state index in [-0.39, 0.29) is 0 Å². The van der Waals surface area contributed by atoms with E-state index in [9.17, 15) is 8.42 Å². The topological polar surface area (TPSA) is 37.4 Å². The summed E-state index contributed by atoms with van der Waals surface area (Å²) in [6.45, 7) is 6.67. The molecular weight excluding hydrogens is 246 g/mol. The average molecular weight is 269 g/mol. The predicted molar refractivity (Wildman–Crippen MR) is 77.7 cm³/mol. The van der Waals surface area contributed by atoms with Crippen molar-refractivity contribution in [3.63, 3.8) is 0 Å². The van der Waals surface area contributed by atoms with Crippen molar-refractivity contribution in [3.05, 3.63) is 29.3 Å². The molecule has 0 saturated carbocycles. The summed E-state index contributed by atoms with van der Waals surface area (Å²) in [5, 5.41) is 0. The van der Waals surface area contributed by atoms with Gasteiger partial charge in [0.2, 0.25) is 10.0 Å². The lowest BCUT2D eigenvalue weighted by atomic mass is 9.98. The van der Waals surface area contributed by atoms with Gasteiger partial charge >= 0.3 is 0 Å². The summed E-state index contributed by atoms with van der Waals surface area (Å²) in [5.74, 6) is 0. The fraction of sp³-hybridized carbons (Fsp3) is 0.571. The number of anilines is 1. The second-order valence-electron chi connectivity index (χ2n) is 4.22. The molecule has 0 bridgehead atoms. The number of hydrogen-bond acceptors (Lipinski definition) is 2. The molecule has 1 aromatic carbocycles. The lowest BCUT2D eigenvalue weighted by molar-refractivity contribution is 0.592. The van der Waals surface area contributed by atoms with Gasteiger partial charge in [0.1, 0.15) is 0 Å². The van der Waals surface area contributed by atoms with Gasteiger partial charge in [-0.25, -0.2) is 8.42 Å². The normalized spacial score (nSPS) is 14.6. The molecule has 0 amide bonds. The second kappa shape index (κ2) is 6.23. The van der Waals surface area contributed by atoms with Crippen molar-refractivity contribution >= 4 is 15.7 Å². The maximum atomic E-state index is 11.7. The third kappa shape index (κ3) is 3.05. The Kier molecular flexibility index (Phi) is 5.20. The highest BCUT2D eigenvalue weighted by molar-refractivity contribution is 7.92. The summed E-state index contributed by atoms with van der Waals surface area (Å²) in [6, 6.07) is 6.07. The summed E-state index contributed by atoms with van der Waals surface area (Å²) in [5.41, 5.74) is 3.22. The van der Waals surface area contributed by atoms with Crippen LogP contribution in [0.5, 0.6) is 0 Å². The molecule has 1 aliphatic heterocycles. The maximum absolute atomic E-state index is 11.7. The molecule has 0 aromatic heterocycles. The fourth-order valence-electron chi connectivity index (χ4n) is 2.31. The van der Waals surface area contributed by atoms with Crippen LogP contribution < -0.4 is 4.31 Å². The Morgan fingerprint density at radius 1 is 1.28 bits per heavy atom. The van der Waals surface area contributed by atoms with Gasteiger partial charge in [-0.3, -0.25) is 4.31 Å². The minimum Gasteiger partial charge on any atom is -0.270 e. The van der Waals surface area contributed by atoms with E-state index in [1.165, 1.54) is 6.26 Å². The number of hydrogen-bond donors (Lipinski definition) is 0. The van der Waals surface area contributed by atoms with Crippen molar-refractivity contribution in [3.8, 4) is 0 Å². The molecule has 102 valence electrons. The smallest absolute Gasteiger partial charge is 0.232 e. The highest BCUT2D eigenvalue weighted by Gasteiger charge is 2.25. The standard InChI is InChI=1S/C12H17NO2S.C2H6/c1-3-10-6-4-7-11-8-5-9-13(12(10)11)16(2,14)15;1-2/h4,6-7H,3,5,8-9H2,1-2H3;1-2H3. The van der Waals surface area contributed by atoms with Crippen LogP contribution in [0.25, 0.3) is 0 Å². The van der Waals surface area contributed by atoms with Crippen LogP contribution in [-0.2, 0) is 22.9 Å². The number of fused-ring (bicyclic) bond motifs is 1. The van der Waals surface area contributed by atoms with Crippen LogP contribution in [0.3, 0.4) is 0 Å². The number of para-hydroxylation sites is 1. The van der Waals surface area contributed by atoms with E-state index in [0.717, 1.165) is 36.1 Å². The first kappa shape index (κ1) is 15.0. The molecule has 0 radical (unpaired) electrons. The number of benzene rings is 1. The van der Waals surface area contributed by atoms with Crippen LogP contribution in [0.4, 0.5) is 5.69 Å². The zero-order valence-electron chi connectivity index (χ0n) is 11.7. The van der Waals surface area contributed by atoms with E-state index in [0.29, 0.717) is 6.54 Å². The van der Waals surface area contributed by atoms with Crippen molar-refractivity contribution in [1.82, 2.24) is 0 Å². The summed E-state index contributed by atoms with van der Waals surface area (Å²) in [7, 11) is -3.14. The Morgan fingerprint density at radius 3 is 2.50 bits per heavy atom. The number of sulfonamides is 1. The second-order valence-corrected chi connectivity index (χ2v) is 6.12. The zero-order chi connectivity index (χ0) is 13.8. The molecule has 18 heavy (non-hydrogen) atoms. The first-order valence-corrected chi connectivity index (χ1v) is 8.47. The van der Waals surface area contributed by atoms with Crippen molar-refractivity contribution in [2.75, 3.05) is 17.1 Å². The van der Waals surface area contributed by atoms with Gasteiger partial charge in [-0.05, 0) is 30.4 Å². The Bertz CT molecular complexity index is 480. The first-order chi connectivity index (χ1) is 8.54. The quantitative estimate of drug-likeness (QED) is 0.827. The van der Waals surface area contributed by atoms with E-state index in [2.05, 4.69) is 6.92 Å². The third-order valence-electron chi connectivity index (χ3n) is 3.04. The van der Waals surface area contributed by atoms with Gasteiger partial charge in [0.05, 0.1) is 11.9 Å². The molecule has 1 aliphatic rings. The molecule has 1 aromatic rings. The van der Waals surface area contributed by atoms with Crippen molar-refractivity contribution in [2.24, 2.45) is 0 Å². The largest absolute Gasteiger partial charge is 0.270 e. The summed E-state index contributed by atoms with van der Waals surface area (Å²) < 4.78 is 25.0. The van der Waals surface area contributed by atoms with Crippen molar-refractivity contribution in [1.29, 1.82) is 0 Å². The van der Waals surface area contributed by atoms with E-state index >= 15 is 0 Å². The SMILES string of the molecule is CC.CCc1cccc2c1N(S(C)(=O)=O)CCC2. The first-order valence-electron chi connectivity index (χ1n) is 6.62. The summed E-state index contributed by atoms with van der Waals surface area (Å²) >= 11 is 0. The molecule has 0 N–H and O–H groups in total. The Balaban J connectivity index is 0.000000771. The Labute approximate surface area is 111 Å². The molecular formula is C14H23NO2S. The molecule has 1 heterocycles. The van der Waals surface area contributed by atoms with E-state index < -0.39 is 10.0 Å². The molecule has 0 saturated heterocycles. The van der Waals surface area contributed by atoms with Gasteiger partial charge in [0.15, 0.2) is 0 Å². The molecule has 0 aliphatic carbocycles. The predicted octanol–water partition coefficient (Wildman–Crippen LogP) is 2.99. The highest BCUT2D eigenvalue weighted by Crippen LogP contribution is 2.32. The molecule has 0 spiro atoms. The minimum absolute atomic E-state index is 0.614. The van der Waals surface area contributed by atoms with Gasteiger partial charge in [0, 0.05) is 6.54 Å². The van der Waals surface area contributed by atoms with Gasteiger partial charge in [-0.2, -0.15) is 0 Å². The number of aryl methyl sites for hydroxylation is 2. The van der Waals surface area contributed by atoms with Crippen LogP contribution >= 0.6 is 0 Å². The third-order valence-corrected chi connectivity index (χ3v) is 4.21. The molecule has 3 nitrogen and oxygen atoms in total. The molecule has 4 heteroatoms. The number of rotatable bonds is 2. The van der Waals surface area contributed by atoms with Crippen molar-refractivity contribution in [2.45, 2.75) is 40.0 Å². The zero-order valence-corrected chi connectivity index (χ0v) is 12.5. The molecule has 0 unspecified atom stereocenters. The fourth-order valence-corrected chi connectivity index (χ4v) is 3.34. The Morgan fingerprint density at radius 2 is 1.94 bits per heavy atom. The Hall–Kier alpha value is -1.03. The number of nitrogens with zero attached hydrogens (tertiary/aromatic N) is 1. The van der Waals surface area contributed by atoms with Crippen molar-refractivity contribution < 1.29 is 8.42 Å². The average Bonchev–Trinajstić information content (AvgIpc) is 2.38. The lowest BCUT2D eigenvalue weighted by Crippen LogP contribution is -2.35. The van der Waals surface area contributed by atoms with E-state index in [1.54, 1.807) is 4.31 Å². The van der Waals surface area contributed by atoms with E-state index in [4.69, 9.17) is 0 Å². The van der Waals surface area contributed by atoms with Crippen LogP contribution in [0.2, 0.25) is 0 Å². The summed E-state index contributed by atoms with van der Waals surface area (Å²) in [4.78, 5) is 0. The maximum Gasteiger partial charge on any atom is 0.232 e. The van der Waals surface area contributed by atoms with Gasteiger partial charge in [0.25, 0.3) is 0 Å². The minimum atomic E-state index is -3.14. The van der Waals surface area contributed by atoms with Crippen LogP contribution in [-0.4, -0.2) is 21.2 Å². The van der Waals surface area contributed by atoms with Crippen LogP contribution in [0.1, 0.15) is 38.3 Å².